The van der Waals surface area contributed by atoms with Crippen LogP contribution in [0.4, 0.5) is 0 Å². The monoisotopic (exact) mass is 154 g/mol. The molecule has 6 nitrogen and oxygen atoms in total. The SMILES string of the molecule is C#[N+]C([N+]#C)([N+]#C)ON(C)[O-]. The molecule has 0 rings (SSSR count). The summed E-state index contributed by atoms with van der Waals surface area (Å²) in [6, 6.07) is 0. The lowest BCUT2D eigenvalue weighted by Gasteiger charge is -2.12. The van der Waals surface area contributed by atoms with Crippen LogP contribution >= 0.6 is 0 Å². The molecule has 11 heavy (non-hydrogen) atoms. The topological polar surface area (TPSA) is 48.6 Å². The third-order valence-corrected chi connectivity index (χ3v) is 0.756. The Morgan fingerprint density at radius 1 is 1.27 bits per heavy atom. The lowest BCUT2D eigenvalue weighted by molar-refractivity contribution is -0.148. The lowest BCUT2D eigenvalue weighted by Crippen LogP contribution is -2.27. The van der Waals surface area contributed by atoms with Gasteiger partial charge in [0.2, 0.25) is 0 Å². The highest BCUT2D eigenvalue weighted by Crippen LogP contribution is 2.17. The highest BCUT2D eigenvalue weighted by Gasteiger charge is 2.70. The molecule has 0 amide bonds. The number of hydrogen-bond donors (Lipinski definition) is 0. The Morgan fingerprint density at radius 2 is 1.64 bits per heavy atom. The van der Waals surface area contributed by atoms with E-state index in [0.29, 0.717) is 0 Å². The van der Waals surface area contributed by atoms with Crippen molar-refractivity contribution in [2.75, 3.05) is 7.05 Å². The van der Waals surface area contributed by atoms with Crippen molar-refractivity contribution >= 4 is 0 Å². The second kappa shape index (κ2) is 3.50. The van der Waals surface area contributed by atoms with Crippen molar-refractivity contribution in [3.8, 4) is 19.7 Å². The van der Waals surface area contributed by atoms with Crippen LogP contribution in [-0.4, -0.2) is 18.2 Å². The normalized spacial score (nSPS) is 9.82. The molecule has 0 heterocycles. The van der Waals surface area contributed by atoms with E-state index in [0.717, 1.165) is 7.05 Å². The molecule has 0 atom stereocenters. The van der Waals surface area contributed by atoms with E-state index in [4.69, 9.17) is 19.7 Å². The Bertz CT molecular complexity index is 217. The Morgan fingerprint density at radius 3 is 1.73 bits per heavy atom. The van der Waals surface area contributed by atoms with Gasteiger partial charge >= 0.3 is 5.97 Å². The fourth-order valence-electron chi connectivity index (χ4n) is 0.343. The zero-order valence-electron chi connectivity index (χ0n) is 5.84. The molecule has 0 fully saturated rings. The van der Waals surface area contributed by atoms with Gasteiger partial charge in [0, 0.05) is 7.05 Å². The van der Waals surface area contributed by atoms with Crippen molar-refractivity contribution in [3.63, 3.8) is 0 Å². The zero-order valence-corrected chi connectivity index (χ0v) is 5.84. The maximum absolute atomic E-state index is 10.3. The van der Waals surface area contributed by atoms with E-state index in [2.05, 4.69) is 19.4 Å². The fourth-order valence-corrected chi connectivity index (χ4v) is 0.343. The van der Waals surface area contributed by atoms with Gasteiger partial charge in [-0.05, 0) is 0 Å². The number of hydrogen-bond acceptors (Lipinski definition) is 3. The Balaban J connectivity index is 4.54. The summed E-state index contributed by atoms with van der Waals surface area (Å²) >= 11 is 0. The van der Waals surface area contributed by atoms with Crippen molar-refractivity contribution in [1.29, 1.82) is 0 Å². The van der Waals surface area contributed by atoms with Crippen LogP contribution < -0.4 is 0 Å². The molecule has 0 aliphatic carbocycles. The first-order valence-electron chi connectivity index (χ1n) is 2.46. The molecule has 0 saturated heterocycles. The van der Waals surface area contributed by atoms with Gasteiger partial charge in [-0.15, -0.1) is 0 Å². The number of nitrogens with zero attached hydrogens (tertiary/aromatic N) is 4. The van der Waals surface area contributed by atoms with Gasteiger partial charge in [0.1, 0.15) is 14.5 Å². The molecule has 0 aliphatic heterocycles. The first-order chi connectivity index (χ1) is 5.10. The van der Waals surface area contributed by atoms with Gasteiger partial charge in [0.25, 0.3) is 19.7 Å². The molecule has 6 heteroatoms. The van der Waals surface area contributed by atoms with E-state index in [1.165, 1.54) is 0 Å². The third kappa shape index (κ3) is 2.21. The highest BCUT2D eigenvalue weighted by atomic mass is 16.9. The van der Waals surface area contributed by atoms with Gasteiger partial charge < -0.3 is 5.21 Å². The molecule has 0 radical (unpaired) electrons. The lowest BCUT2D eigenvalue weighted by atomic mass is 10.8. The van der Waals surface area contributed by atoms with E-state index in [-0.39, 0.29) is 5.23 Å². The van der Waals surface area contributed by atoms with Crippen LogP contribution in [0.3, 0.4) is 0 Å². The minimum absolute atomic E-state index is 0.0308. The van der Waals surface area contributed by atoms with Crippen molar-refractivity contribution in [3.05, 3.63) is 19.7 Å². The summed E-state index contributed by atoms with van der Waals surface area (Å²) in [6.07, 6.45) is 0. The van der Waals surface area contributed by atoms with Crippen LogP contribution in [0.5, 0.6) is 0 Å². The summed E-state index contributed by atoms with van der Waals surface area (Å²) in [7, 11) is 1.04. The summed E-state index contributed by atoms with van der Waals surface area (Å²) in [5.41, 5.74) is 0. The molecule has 0 bridgehead atoms. The molecule has 0 unspecified atom stereocenters. The average molecular weight is 154 g/mol. The standard InChI is InChI=1S/C5H6N4O2/c1-6-5(7-2,8-3)11-9(4)10/h1-3H,4H3/q+2. The van der Waals surface area contributed by atoms with Gasteiger partial charge in [-0.1, -0.05) is 4.84 Å². The maximum atomic E-state index is 10.3. The summed E-state index contributed by atoms with van der Waals surface area (Å²) in [4.78, 5) is 13.1. The van der Waals surface area contributed by atoms with Crippen LogP contribution in [-0.2, 0) is 4.84 Å². The molecule has 0 N–H and O–H groups in total. The average Bonchev–Trinajstić information content (AvgIpc) is 2.00. The first-order valence-corrected chi connectivity index (χ1v) is 2.46. The second-order valence-electron chi connectivity index (χ2n) is 1.49. The van der Waals surface area contributed by atoms with Gasteiger partial charge in [0.15, 0.2) is 0 Å². The molecular weight excluding hydrogens is 148 g/mol. The van der Waals surface area contributed by atoms with E-state index < -0.39 is 5.97 Å². The molecule has 56 valence electrons. The van der Waals surface area contributed by atoms with E-state index >= 15 is 0 Å². The molecule has 0 aromatic rings. The predicted molar refractivity (Wildman–Crippen MR) is 39.9 cm³/mol. The van der Waals surface area contributed by atoms with Crippen LogP contribution in [0.2, 0.25) is 0 Å². The molecule has 0 aliphatic rings. The first kappa shape index (κ1) is 9.35. The molecular formula is C5H6N4O2+2. The number of hydroxylamine groups is 2. The quantitative estimate of drug-likeness (QED) is 0.554. The van der Waals surface area contributed by atoms with Crippen LogP contribution in [0, 0.1) is 24.9 Å². The number of rotatable bonds is 2. The van der Waals surface area contributed by atoms with Crippen LogP contribution in [0.1, 0.15) is 0 Å². The summed E-state index contributed by atoms with van der Waals surface area (Å²) in [6.45, 7) is 14.3. The fraction of sp³-hybridized carbons (Fsp3) is 0.400. The predicted octanol–water partition coefficient (Wildman–Crippen LogP) is 0.847. The van der Waals surface area contributed by atoms with E-state index in [1.807, 2.05) is 0 Å². The Kier molecular flexibility index (Phi) is 2.98. The van der Waals surface area contributed by atoms with Gasteiger partial charge in [-0.2, -0.15) is 0 Å². The van der Waals surface area contributed by atoms with E-state index in [9.17, 15) is 5.21 Å². The molecule has 0 spiro atoms. The Hall–Kier alpha value is -1.65. The van der Waals surface area contributed by atoms with Gasteiger partial charge in [-0.3, -0.25) is 0 Å². The van der Waals surface area contributed by atoms with Gasteiger partial charge in [-0.25, -0.2) is 5.23 Å². The largest absolute Gasteiger partial charge is 1.03 e. The minimum Gasteiger partial charge on any atom is -0.762 e. The van der Waals surface area contributed by atoms with Crippen LogP contribution in [0.25, 0.3) is 14.5 Å². The third-order valence-electron chi connectivity index (χ3n) is 0.756. The molecule has 0 aromatic carbocycles. The van der Waals surface area contributed by atoms with Crippen molar-refractivity contribution in [2.24, 2.45) is 0 Å². The van der Waals surface area contributed by atoms with E-state index in [1.54, 1.807) is 0 Å². The molecule has 0 saturated carbocycles. The minimum atomic E-state index is -2.03. The zero-order chi connectivity index (χ0) is 8.91. The summed E-state index contributed by atoms with van der Waals surface area (Å²) in [5.74, 6) is -2.03. The van der Waals surface area contributed by atoms with Crippen molar-refractivity contribution < 1.29 is 4.84 Å². The molecule has 0 aromatic heterocycles. The Labute approximate surface area is 63.6 Å². The van der Waals surface area contributed by atoms with Gasteiger partial charge in [0.05, 0.1) is 0 Å². The smallest absolute Gasteiger partial charge is 0.762 e. The highest BCUT2D eigenvalue weighted by molar-refractivity contribution is 5.09. The summed E-state index contributed by atoms with van der Waals surface area (Å²) < 4.78 is 0. The van der Waals surface area contributed by atoms with Crippen molar-refractivity contribution in [2.45, 2.75) is 5.97 Å². The summed E-state index contributed by atoms with van der Waals surface area (Å²) in [5, 5.41) is 10.3. The van der Waals surface area contributed by atoms with Crippen LogP contribution in [0.15, 0.2) is 0 Å². The maximum Gasteiger partial charge on any atom is 1.03 e. The van der Waals surface area contributed by atoms with Crippen molar-refractivity contribution in [1.82, 2.24) is 5.23 Å². The second-order valence-corrected chi connectivity index (χ2v) is 1.49.